The van der Waals surface area contributed by atoms with Crippen molar-refractivity contribution in [3.63, 3.8) is 0 Å². The van der Waals surface area contributed by atoms with Crippen LogP contribution in [0.5, 0.6) is 0 Å². The number of ether oxygens (including phenoxy) is 1. The Hall–Kier alpha value is -3.71. The summed E-state index contributed by atoms with van der Waals surface area (Å²) in [6.45, 7) is 0.669. The van der Waals surface area contributed by atoms with E-state index < -0.39 is 12.1 Å². The molecule has 1 aliphatic heterocycles. The Morgan fingerprint density at radius 3 is 2.64 bits per heavy atom. The maximum Gasteiger partial charge on any atom is 0.410 e. The number of anilines is 2. The molecule has 33 heavy (non-hydrogen) atoms. The van der Waals surface area contributed by atoms with E-state index >= 15 is 0 Å². The van der Waals surface area contributed by atoms with E-state index in [0.29, 0.717) is 18.1 Å². The fourth-order valence-corrected chi connectivity index (χ4v) is 4.90. The van der Waals surface area contributed by atoms with Gasteiger partial charge in [0.15, 0.2) is 5.13 Å². The Morgan fingerprint density at radius 2 is 1.82 bits per heavy atom. The standard InChI is InChI=1S/C26H23N3O3S/c30-24(23-14-7-16-28(23)26(31)32-18-19-8-2-1-3-9-19)29(25-27-15-17-33-25)22-13-6-11-20-10-4-5-12-21(20)22/h1-6,8-13,15,17,23H,7,14,16,18H2. The highest BCUT2D eigenvalue weighted by molar-refractivity contribution is 7.13. The minimum Gasteiger partial charge on any atom is -0.445 e. The summed E-state index contributed by atoms with van der Waals surface area (Å²) in [7, 11) is 0. The van der Waals surface area contributed by atoms with Gasteiger partial charge >= 0.3 is 6.09 Å². The maximum atomic E-state index is 13.9. The highest BCUT2D eigenvalue weighted by Crippen LogP contribution is 2.35. The molecule has 1 atom stereocenters. The topological polar surface area (TPSA) is 62.7 Å². The summed E-state index contributed by atoms with van der Waals surface area (Å²) in [5.41, 5.74) is 1.67. The van der Waals surface area contributed by atoms with E-state index in [-0.39, 0.29) is 12.5 Å². The average Bonchev–Trinajstić information content (AvgIpc) is 3.56. The van der Waals surface area contributed by atoms with E-state index in [1.54, 1.807) is 16.0 Å². The zero-order valence-electron chi connectivity index (χ0n) is 18.0. The molecule has 1 unspecified atom stereocenters. The monoisotopic (exact) mass is 457 g/mol. The number of fused-ring (bicyclic) bond motifs is 1. The number of benzene rings is 3. The van der Waals surface area contributed by atoms with Crippen LogP contribution in [-0.4, -0.2) is 34.5 Å². The van der Waals surface area contributed by atoms with E-state index in [1.165, 1.54) is 11.3 Å². The number of hydrogen-bond donors (Lipinski definition) is 0. The van der Waals surface area contributed by atoms with Crippen molar-refractivity contribution >= 4 is 44.9 Å². The predicted octanol–water partition coefficient (Wildman–Crippen LogP) is 5.76. The number of carbonyl (C=O) groups is 2. The Bertz CT molecular complexity index is 1260. The summed E-state index contributed by atoms with van der Waals surface area (Å²) >= 11 is 1.40. The number of rotatable bonds is 5. The predicted molar refractivity (Wildman–Crippen MR) is 130 cm³/mol. The molecule has 2 amide bonds. The van der Waals surface area contributed by atoms with Crippen LogP contribution in [0.1, 0.15) is 18.4 Å². The third-order valence-corrected chi connectivity index (χ3v) is 6.57. The number of amides is 2. The van der Waals surface area contributed by atoms with E-state index in [9.17, 15) is 9.59 Å². The minimum atomic E-state index is -0.601. The van der Waals surface area contributed by atoms with Gasteiger partial charge < -0.3 is 4.74 Å². The van der Waals surface area contributed by atoms with E-state index in [1.807, 2.05) is 78.2 Å². The van der Waals surface area contributed by atoms with Crippen LogP contribution in [0, 0.1) is 0 Å². The number of nitrogens with zero attached hydrogens (tertiary/aromatic N) is 3. The average molecular weight is 458 g/mol. The quantitative estimate of drug-likeness (QED) is 0.382. The molecule has 166 valence electrons. The number of likely N-dealkylation sites (tertiary alicyclic amines) is 1. The lowest BCUT2D eigenvalue weighted by molar-refractivity contribution is -0.121. The molecule has 2 heterocycles. The Labute approximate surface area is 196 Å². The lowest BCUT2D eigenvalue weighted by Crippen LogP contribution is -2.46. The molecule has 7 heteroatoms. The largest absolute Gasteiger partial charge is 0.445 e. The molecule has 1 saturated heterocycles. The molecule has 0 N–H and O–H groups in total. The normalized spacial score (nSPS) is 15.5. The molecule has 0 radical (unpaired) electrons. The van der Waals surface area contributed by atoms with E-state index in [2.05, 4.69) is 4.98 Å². The fraction of sp³-hybridized carbons (Fsp3) is 0.192. The van der Waals surface area contributed by atoms with Gasteiger partial charge in [-0.05, 0) is 29.9 Å². The fourth-order valence-electron chi connectivity index (χ4n) is 4.24. The van der Waals surface area contributed by atoms with Crippen molar-refractivity contribution < 1.29 is 14.3 Å². The molecular formula is C26H23N3O3S. The van der Waals surface area contributed by atoms with E-state index in [0.717, 1.165) is 28.4 Å². The third-order valence-electron chi connectivity index (χ3n) is 5.82. The van der Waals surface area contributed by atoms with Crippen LogP contribution in [0.15, 0.2) is 84.4 Å². The molecule has 1 fully saturated rings. The molecule has 0 bridgehead atoms. The van der Waals surface area contributed by atoms with Gasteiger partial charge in [0.25, 0.3) is 5.91 Å². The first-order valence-corrected chi connectivity index (χ1v) is 11.8. The SMILES string of the molecule is O=C(C1CCCN1C(=O)OCc1ccccc1)N(c1nccs1)c1cccc2ccccc12. The summed E-state index contributed by atoms with van der Waals surface area (Å²) in [6, 6.07) is 22.8. The molecule has 1 aromatic heterocycles. The number of hydrogen-bond acceptors (Lipinski definition) is 5. The number of aromatic nitrogens is 1. The van der Waals surface area contributed by atoms with Gasteiger partial charge in [0.2, 0.25) is 0 Å². The van der Waals surface area contributed by atoms with Crippen molar-refractivity contribution in [2.75, 3.05) is 11.4 Å². The van der Waals surface area contributed by atoms with Crippen LogP contribution in [0.3, 0.4) is 0 Å². The second kappa shape index (κ2) is 9.42. The maximum absolute atomic E-state index is 13.9. The molecular weight excluding hydrogens is 434 g/mol. The third kappa shape index (κ3) is 4.32. The Morgan fingerprint density at radius 1 is 1.03 bits per heavy atom. The Kier molecular flexibility index (Phi) is 6.04. The van der Waals surface area contributed by atoms with Gasteiger partial charge in [-0.2, -0.15) is 0 Å². The van der Waals surface area contributed by atoms with E-state index in [4.69, 9.17) is 4.74 Å². The summed E-state index contributed by atoms with van der Waals surface area (Å²) < 4.78 is 5.54. The zero-order valence-corrected chi connectivity index (χ0v) is 18.8. The first kappa shape index (κ1) is 21.2. The molecule has 0 aliphatic carbocycles. The van der Waals surface area contributed by atoms with Gasteiger partial charge in [-0.25, -0.2) is 9.78 Å². The summed E-state index contributed by atoms with van der Waals surface area (Å²) in [5, 5.41) is 4.43. The molecule has 6 nitrogen and oxygen atoms in total. The van der Waals surface area contributed by atoms with Crippen molar-refractivity contribution in [2.24, 2.45) is 0 Å². The van der Waals surface area contributed by atoms with Crippen LogP contribution >= 0.6 is 11.3 Å². The van der Waals surface area contributed by atoms with Gasteiger partial charge in [-0.3, -0.25) is 14.6 Å². The van der Waals surface area contributed by atoms with Crippen molar-refractivity contribution in [3.05, 3.63) is 89.9 Å². The van der Waals surface area contributed by atoms with Crippen LogP contribution in [0.25, 0.3) is 10.8 Å². The van der Waals surface area contributed by atoms with Gasteiger partial charge in [0.1, 0.15) is 12.6 Å². The molecule has 0 spiro atoms. The summed E-state index contributed by atoms with van der Waals surface area (Å²) in [6.07, 6.45) is 2.56. The second-order valence-electron chi connectivity index (χ2n) is 7.88. The zero-order chi connectivity index (χ0) is 22.6. The number of carbonyl (C=O) groups excluding carboxylic acids is 2. The Balaban J connectivity index is 1.43. The smallest absolute Gasteiger partial charge is 0.410 e. The highest BCUT2D eigenvalue weighted by Gasteiger charge is 2.39. The first-order chi connectivity index (χ1) is 16.2. The lowest BCUT2D eigenvalue weighted by atomic mass is 10.1. The summed E-state index contributed by atoms with van der Waals surface area (Å²) in [4.78, 5) is 34.5. The summed E-state index contributed by atoms with van der Waals surface area (Å²) in [5.74, 6) is -0.171. The van der Waals surface area contributed by atoms with Gasteiger partial charge in [-0.1, -0.05) is 66.7 Å². The molecule has 5 rings (SSSR count). The van der Waals surface area contributed by atoms with Crippen molar-refractivity contribution in [2.45, 2.75) is 25.5 Å². The van der Waals surface area contributed by atoms with Crippen molar-refractivity contribution in [3.8, 4) is 0 Å². The van der Waals surface area contributed by atoms with Crippen LogP contribution in [-0.2, 0) is 16.1 Å². The lowest BCUT2D eigenvalue weighted by Gasteiger charge is -2.29. The van der Waals surface area contributed by atoms with Crippen molar-refractivity contribution in [1.29, 1.82) is 0 Å². The van der Waals surface area contributed by atoms with Gasteiger partial charge in [0.05, 0.1) is 5.69 Å². The number of thiazole rings is 1. The first-order valence-electron chi connectivity index (χ1n) is 10.9. The van der Waals surface area contributed by atoms with Crippen LogP contribution in [0.4, 0.5) is 15.6 Å². The second-order valence-corrected chi connectivity index (χ2v) is 8.75. The van der Waals surface area contributed by atoms with Gasteiger partial charge in [0, 0.05) is 23.5 Å². The van der Waals surface area contributed by atoms with Crippen molar-refractivity contribution in [1.82, 2.24) is 9.88 Å². The minimum absolute atomic E-state index is 0.171. The molecule has 3 aromatic carbocycles. The molecule has 1 aliphatic rings. The van der Waals surface area contributed by atoms with Crippen LogP contribution in [0.2, 0.25) is 0 Å². The molecule has 4 aromatic rings. The highest BCUT2D eigenvalue weighted by atomic mass is 32.1. The molecule has 0 saturated carbocycles. The van der Waals surface area contributed by atoms with Gasteiger partial charge in [-0.15, -0.1) is 11.3 Å². The van der Waals surface area contributed by atoms with Crippen LogP contribution < -0.4 is 4.90 Å².